The standard InChI is InChI=1S/C34H29FN12/c35-23-5-8-26(40-17-23)27-18-41-31-33(42-27)47(32(44-31)25-2-1-12-39-30(25)37)24-6-3-22(4-7-24)19-45-14-10-34(11-15-45)20-46(21-34)29-9-13-38-28(16-36)43-29/h1-9,12-13,17-18H,10-11,14-15,19-21H2,(H2,37,39). The fourth-order valence-electron chi connectivity index (χ4n) is 6.55. The van der Waals surface area contributed by atoms with Gasteiger partial charge in [-0.15, -0.1) is 0 Å². The number of rotatable bonds is 6. The van der Waals surface area contributed by atoms with Gasteiger partial charge < -0.3 is 10.6 Å². The number of nitriles is 1. The maximum Gasteiger partial charge on any atom is 0.234 e. The molecule has 7 heterocycles. The lowest BCUT2D eigenvalue weighted by molar-refractivity contribution is 0.0719. The summed E-state index contributed by atoms with van der Waals surface area (Å²) in [7, 11) is 0. The number of likely N-dealkylation sites (tertiary alicyclic amines) is 1. The van der Waals surface area contributed by atoms with Gasteiger partial charge in [0.2, 0.25) is 5.82 Å². The van der Waals surface area contributed by atoms with Gasteiger partial charge in [0.05, 0.1) is 23.7 Å². The molecule has 13 heteroatoms. The molecular formula is C34H29FN12. The fraction of sp³-hybridized carbons (Fsp3) is 0.235. The van der Waals surface area contributed by atoms with Gasteiger partial charge in [0.1, 0.15) is 29.2 Å². The highest BCUT2D eigenvalue weighted by Gasteiger charge is 2.45. The van der Waals surface area contributed by atoms with E-state index in [1.54, 1.807) is 24.7 Å². The number of piperidine rings is 1. The predicted molar refractivity (Wildman–Crippen MR) is 173 cm³/mol. The minimum atomic E-state index is -0.421. The van der Waals surface area contributed by atoms with E-state index in [2.05, 4.69) is 59.0 Å². The number of fused-ring (bicyclic) bond motifs is 1. The van der Waals surface area contributed by atoms with Crippen LogP contribution in [-0.2, 0) is 6.54 Å². The molecule has 6 aromatic rings. The molecule has 1 aromatic carbocycles. The van der Waals surface area contributed by atoms with Gasteiger partial charge in [-0.25, -0.2) is 34.3 Å². The summed E-state index contributed by atoms with van der Waals surface area (Å²) < 4.78 is 15.5. The first-order valence-electron chi connectivity index (χ1n) is 15.4. The van der Waals surface area contributed by atoms with Crippen molar-refractivity contribution in [2.75, 3.05) is 36.8 Å². The van der Waals surface area contributed by atoms with E-state index in [9.17, 15) is 4.39 Å². The number of imidazole rings is 1. The molecule has 2 fully saturated rings. The van der Waals surface area contributed by atoms with Crippen LogP contribution in [0.4, 0.5) is 16.0 Å². The summed E-state index contributed by atoms with van der Waals surface area (Å²) >= 11 is 0. The molecule has 0 saturated carbocycles. The van der Waals surface area contributed by atoms with E-state index < -0.39 is 5.82 Å². The molecule has 0 aliphatic carbocycles. The van der Waals surface area contributed by atoms with E-state index in [4.69, 9.17) is 21.0 Å². The minimum absolute atomic E-state index is 0.211. The normalized spacial score (nSPS) is 15.9. The summed E-state index contributed by atoms with van der Waals surface area (Å²) in [6.45, 7) is 4.82. The lowest BCUT2D eigenvalue weighted by atomic mass is 9.72. The smallest absolute Gasteiger partial charge is 0.234 e. The Morgan fingerprint density at radius 1 is 0.851 bits per heavy atom. The Morgan fingerprint density at radius 2 is 1.68 bits per heavy atom. The molecule has 2 saturated heterocycles. The first-order chi connectivity index (χ1) is 23.0. The molecule has 47 heavy (non-hydrogen) atoms. The Morgan fingerprint density at radius 3 is 2.43 bits per heavy atom. The van der Waals surface area contributed by atoms with E-state index in [1.807, 2.05) is 28.8 Å². The van der Waals surface area contributed by atoms with Crippen molar-refractivity contribution in [2.45, 2.75) is 19.4 Å². The molecule has 0 amide bonds. The zero-order valence-electron chi connectivity index (χ0n) is 25.3. The number of aromatic nitrogens is 8. The van der Waals surface area contributed by atoms with Crippen LogP contribution in [0.3, 0.4) is 0 Å². The molecule has 0 bridgehead atoms. The number of pyridine rings is 2. The Kier molecular flexibility index (Phi) is 6.99. The van der Waals surface area contributed by atoms with Crippen LogP contribution in [0, 0.1) is 22.6 Å². The van der Waals surface area contributed by atoms with Gasteiger partial charge in [0.25, 0.3) is 0 Å². The zero-order valence-corrected chi connectivity index (χ0v) is 25.3. The van der Waals surface area contributed by atoms with Crippen LogP contribution in [0.15, 0.2) is 79.4 Å². The molecule has 2 aliphatic rings. The number of hydrogen-bond donors (Lipinski definition) is 1. The maximum absolute atomic E-state index is 13.6. The van der Waals surface area contributed by atoms with Crippen molar-refractivity contribution < 1.29 is 4.39 Å². The molecule has 0 atom stereocenters. The van der Waals surface area contributed by atoms with Gasteiger partial charge in [-0.2, -0.15) is 5.26 Å². The topological polar surface area (TPSA) is 151 Å². The summed E-state index contributed by atoms with van der Waals surface area (Å²) in [4.78, 5) is 35.8. The van der Waals surface area contributed by atoms with Crippen molar-refractivity contribution in [3.8, 4) is 34.5 Å². The highest BCUT2D eigenvalue weighted by atomic mass is 19.1. The van der Waals surface area contributed by atoms with Crippen LogP contribution in [-0.4, -0.2) is 70.5 Å². The second-order valence-corrected chi connectivity index (χ2v) is 12.1. The largest absolute Gasteiger partial charge is 0.383 e. The van der Waals surface area contributed by atoms with Gasteiger partial charge >= 0.3 is 0 Å². The van der Waals surface area contributed by atoms with E-state index in [0.29, 0.717) is 45.3 Å². The van der Waals surface area contributed by atoms with Crippen molar-refractivity contribution in [1.82, 2.24) is 44.4 Å². The van der Waals surface area contributed by atoms with Crippen molar-refractivity contribution in [3.05, 3.63) is 96.6 Å². The van der Waals surface area contributed by atoms with Crippen molar-refractivity contribution in [2.24, 2.45) is 5.41 Å². The van der Waals surface area contributed by atoms with Crippen LogP contribution >= 0.6 is 0 Å². The summed E-state index contributed by atoms with van der Waals surface area (Å²) in [5.74, 6) is 1.55. The van der Waals surface area contributed by atoms with E-state index >= 15 is 0 Å². The predicted octanol–water partition coefficient (Wildman–Crippen LogP) is 4.42. The molecular weight excluding hydrogens is 595 g/mol. The van der Waals surface area contributed by atoms with Gasteiger partial charge in [-0.1, -0.05) is 12.1 Å². The number of halogens is 1. The monoisotopic (exact) mass is 624 g/mol. The van der Waals surface area contributed by atoms with E-state index in [-0.39, 0.29) is 5.82 Å². The average Bonchev–Trinajstić information content (AvgIpc) is 3.47. The fourth-order valence-corrected chi connectivity index (χ4v) is 6.55. The molecule has 2 N–H and O–H groups in total. The third-order valence-corrected chi connectivity index (χ3v) is 9.07. The van der Waals surface area contributed by atoms with Crippen molar-refractivity contribution in [3.63, 3.8) is 0 Å². The summed E-state index contributed by atoms with van der Waals surface area (Å²) in [5, 5.41) is 9.13. The molecule has 5 aromatic heterocycles. The lowest BCUT2D eigenvalue weighted by Gasteiger charge is -2.54. The highest BCUT2D eigenvalue weighted by molar-refractivity contribution is 5.81. The number of nitrogen functional groups attached to an aromatic ring is 1. The molecule has 2 aliphatic heterocycles. The van der Waals surface area contributed by atoms with E-state index in [0.717, 1.165) is 63.3 Å². The van der Waals surface area contributed by atoms with Crippen LogP contribution in [0.5, 0.6) is 0 Å². The second-order valence-electron chi connectivity index (χ2n) is 12.1. The molecule has 1 spiro atoms. The molecule has 12 nitrogen and oxygen atoms in total. The van der Waals surface area contributed by atoms with Crippen LogP contribution in [0.2, 0.25) is 0 Å². The third-order valence-electron chi connectivity index (χ3n) is 9.07. The average molecular weight is 625 g/mol. The Hall–Kier alpha value is -5.87. The number of benzene rings is 1. The molecule has 0 radical (unpaired) electrons. The second kappa shape index (κ2) is 11.5. The van der Waals surface area contributed by atoms with Crippen LogP contribution < -0.4 is 10.6 Å². The number of anilines is 2. The summed E-state index contributed by atoms with van der Waals surface area (Å²) in [6.07, 6.45) is 8.29. The Bertz CT molecular complexity index is 2120. The summed E-state index contributed by atoms with van der Waals surface area (Å²) in [6, 6.07) is 18.9. The molecule has 0 unspecified atom stereocenters. The van der Waals surface area contributed by atoms with Crippen LogP contribution in [0.1, 0.15) is 24.2 Å². The summed E-state index contributed by atoms with van der Waals surface area (Å²) in [5.41, 5.74) is 11.3. The van der Waals surface area contributed by atoms with Crippen LogP contribution in [0.25, 0.3) is 39.8 Å². The number of nitrogens with zero attached hydrogens (tertiary/aromatic N) is 11. The van der Waals surface area contributed by atoms with Gasteiger partial charge in [-0.05, 0) is 74.0 Å². The third kappa shape index (κ3) is 5.38. The SMILES string of the molecule is N#Cc1nccc(N2CC3(CCN(Cc4ccc(-n5c(-c6cccnc6N)nc6ncc(-c7ccc(F)cn7)nc65)cc4)CC3)C2)n1. The quantitative estimate of drug-likeness (QED) is 0.280. The van der Waals surface area contributed by atoms with Gasteiger partial charge in [0.15, 0.2) is 17.1 Å². The molecule has 232 valence electrons. The first kappa shape index (κ1) is 28.6. The highest BCUT2D eigenvalue weighted by Crippen LogP contribution is 2.42. The number of hydrogen-bond acceptors (Lipinski definition) is 11. The minimum Gasteiger partial charge on any atom is -0.383 e. The number of nitrogens with two attached hydrogens (primary N) is 1. The van der Waals surface area contributed by atoms with Crippen molar-refractivity contribution in [1.29, 1.82) is 5.26 Å². The Labute approximate surface area is 269 Å². The maximum atomic E-state index is 13.6. The van der Waals surface area contributed by atoms with Crippen molar-refractivity contribution >= 4 is 22.9 Å². The zero-order chi connectivity index (χ0) is 32.0. The Balaban J connectivity index is 1.02. The lowest BCUT2D eigenvalue weighted by Crippen LogP contribution is -2.60. The molecule has 8 rings (SSSR count). The van der Waals surface area contributed by atoms with E-state index in [1.165, 1.54) is 11.6 Å². The van der Waals surface area contributed by atoms with Gasteiger partial charge in [-0.3, -0.25) is 14.5 Å². The van der Waals surface area contributed by atoms with Gasteiger partial charge in [0, 0.05) is 43.1 Å². The first-order valence-corrected chi connectivity index (χ1v) is 15.4.